The van der Waals surface area contributed by atoms with Crippen LogP contribution < -0.4 is 0 Å². The zero-order chi connectivity index (χ0) is 19.5. The van der Waals surface area contributed by atoms with Gasteiger partial charge in [-0.3, -0.25) is 4.79 Å². The summed E-state index contributed by atoms with van der Waals surface area (Å²) in [7, 11) is 0. The summed E-state index contributed by atoms with van der Waals surface area (Å²) in [4.78, 5) is 12.3. The molecule has 0 aliphatic heterocycles. The Morgan fingerprint density at radius 1 is 0.714 bits per heavy atom. The van der Waals surface area contributed by atoms with Crippen LogP contribution in [0.5, 0.6) is 0 Å². The van der Waals surface area contributed by atoms with Crippen molar-refractivity contribution in [2.75, 3.05) is 0 Å². The first kappa shape index (κ1) is 18.9. The molecule has 28 heavy (non-hydrogen) atoms. The van der Waals surface area contributed by atoms with Crippen LogP contribution in [-0.4, -0.2) is 5.78 Å². The Labute approximate surface area is 169 Å². The number of carbonyl (C=O) groups is 1. The summed E-state index contributed by atoms with van der Waals surface area (Å²) in [6.07, 6.45) is 5.73. The highest BCUT2D eigenvalue weighted by atomic mass is 16.1. The van der Waals surface area contributed by atoms with Gasteiger partial charge >= 0.3 is 0 Å². The minimum absolute atomic E-state index is 0.457. The van der Waals surface area contributed by atoms with Crippen molar-refractivity contribution in [2.45, 2.75) is 52.4 Å². The van der Waals surface area contributed by atoms with E-state index in [1.165, 1.54) is 27.8 Å². The molecular formula is C27H30O. The van der Waals surface area contributed by atoms with Crippen LogP contribution in [0, 0.1) is 11.8 Å². The first-order valence-corrected chi connectivity index (χ1v) is 10.8. The molecule has 1 heteroatoms. The maximum Gasteiger partial charge on any atom is 0.133 e. The Morgan fingerprint density at radius 2 is 1.29 bits per heavy atom. The van der Waals surface area contributed by atoms with Crippen LogP contribution in [0.25, 0.3) is 11.1 Å². The normalized spacial score (nSPS) is 28.0. The fourth-order valence-electron chi connectivity index (χ4n) is 5.28. The van der Waals surface area contributed by atoms with Crippen LogP contribution in [0.1, 0.15) is 63.5 Å². The summed E-state index contributed by atoms with van der Waals surface area (Å²) in [6.45, 7) is 4.57. The molecular weight excluding hydrogens is 340 g/mol. The molecule has 0 aromatic heterocycles. The Hall–Kier alpha value is -2.41. The van der Waals surface area contributed by atoms with Crippen LogP contribution in [0.15, 0.2) is 71.8 Å². The van der Waals surface area contributed by atoms with E-state index in [-0.39, 0.29) is 0 Å². The highest BCUT2D eigenvalue weighted by Crippen LogP contribution is 2.48. The number of rotatable bonds is 4. The van der Waals surface area contributed by atoms with Crippen LogP contribution in [-0.2, 0) is 4.79 Å². The largest absolute Gasteiger partial charge is 0.300 e. The van der Waals surface area contributed by atoms with Gasteiger partial charge in [-0.2, -0.15) is 0 Å². The molecule has 2 aliphatic rings. The van der Waals surface area contributed by atoms with Gasteiger partial charge in [-0.1, -0.05) is 80.1 Å². The molecule has 0 amide bonds. The quantitative estimate of drug-likeness (QED) is 0.561. The van der Waals surface area contributed by atoms with E-state index in [0.29, 0.717) is 17.6 Å². The lowest BCUT2D eigenvalue weighted by molar-refractivity contribution is -0.117. The summed E-state index contributed by atoms with van der Waals surface area (Å²) < 4.78 is 0. The summed E-state index contributed by atoms with van der Waals surface area (Å²) in [5, 5.41) is 0. The van der Waals surface area contributed by atoms with Crippen molar-refractivity contribution in [2.24, 2.45) is 11.8 Å². The van der Waals surface area contributed by atoms with Gasteiger partial charge in [0.05, 0.1) is 0 Å². The van der Waals surface area contributed by atoms with E-state index in [4.69, 9.17) is 0 Å². The molecule has 2 aliphatic carbocycles. The topological polar surface area (TPSA) is 17.1 Å². The number of carbonyl (C=O) groups excluding carboxylic acids is 1. The highest BCUT2D eigenvalue weighted by Gasteiger charge is 2.36. The van der Waals surface area contributed by atoms with Crippen molar-refractivity contribution in [3.05, 3.63) is 82.9 Å². The van der Waals surface area contributed by atoms with Crippen molar-refractivity contribution in [1.29, 1.82) is 0 Å². The Balaban J connectivity index is 1.99. The fraction of sp³-hybridized carbons (Fsp3) is 0.370. The van der Waals surface area contributed by atoms with Gasteiger partial charge in [0.1, 0.15) is 5.78 Å². The first-order chi connectivity index (χ1) is 13.7. The lowest BCUT2D eigenvalue weighted by Crippen LogP contribution is -2.15. The van der Waals surface area contributed by atoms with Crippen molar-refractivity contribution < 1.29 is 4.79 Å². The number of Topliss-reactive ketones (excluding diaryl/α,β-unsaturated/α-hetero) is 1. The molecule has 0 saturated heterocycles. The number of ketones is 1. The Bertz CT molecular complexity index is 902. The molecule has 2 atom stereocenters. The molecule has 0 heterocycles. The van der Waals surface area contributed by atoms with Crippen molar-refractivity contribution >= 4 is 16.9 Å². The molecule has 2 aromatic carbocycles. The van der Waals surface area contributed by atoms with Gasteiger partial charge < -0.3 is 0 Å². The molecule has 1 saturated carbocycles. The Morgan fingerprint density at radius 3 is 1.86 bits per heavy atom. The standard InChI is InChI=1S/C27H30O/c1-3-19-15-22-16-24(28)17-23(22)18-26(20-11-7-5-8-12-20)27(25(19)4-2)21-13-9-6-10-14-21/h5-14,22-23H,3-4,15-18H2,1-2H3/b25-19-,27-26+/t22-,23+/m1/s1. The van der Waals surface area contributed by atoms with Gasteiger partial charge in [-0.25, -0.2) is 0 Å². The predicted octanol–water partition coefficient (Wildman–Crippen LogP) is 7.10. The molecule has 0 unspecified atom stereocenters. The lowest BCUT2D eigenvalue weighted by atomic mass is 9.74. The smallest absolute Gasteiger partial charge is 0.133 e. The molecule has 0 N–H and O–H groups in total. The van der Waals surface area contributed by atoms with Crippen molar-refractivity contribution in [3.8, 4) is 0 Å². The predicted molar refractivity (Wildman–Crippen MR) is 118 cm³/mol. The van der Waals surface area contributed by atoms with Crippen LogP contribution >= 0.6 is 0 Å². The van der Waals surface area contributed by atoms with Gasteiger partial charge in [0, 0.05) is 12.8 Å². The van der Waals surface area contributed by atoms with Crippen molar-refractivity contribution in [1.82, 2.24) is 0 Å². The van der Waals surface area contributed by atoms with Gasteiger partial charge in [0.25, 0.3) is 0 Å². The number of fused-ring (bicyclic) bond motifs is 1. The lowest BCUT2D eigenvalue weighted by Gasteiger charge is -2.30. The molecule has 4 rings (SSSR count). The summed E-state index contributed by atoms with van der Waals surface area (Å²) in [5.41, 5.74) is 8.53. The van der Waals surface area contributed by atoms with E-state index in [9.17, 15) is 4.79 Å². The fourth-order valence-corrected chi connectivity index (χ4v) is 5.28. The second kappa shape index (κ2) is 8.31. The van der Waals surface area contributed by atoms with E-state index in [1.54, 1.807) is 5.57 Å². The minimum Gasteiger partial charge on any atom is -0.300 e. The van der Waals surface area contributed by atoms with E-state index in [1.807, 2.05) is 0 Å². The van der Waals surface area contributed by atoms with Gasteiger partial charge in [-0.15, -0.1) is 0 Å². The maximum atomic E-state index is 12.3. The number of benzene rings is 2. The van der Waals surface area contributed by atoms with Gasteiger partial charge in [0.2, 0.25) is 0 Å². The third-order valence-electron chi connectivity index (χ3n) is 6.62. The maximum absolute atomic E-state index is 12.3. The molecule has 0 bridgehead atoms. The molecule has 144 valence electrons. The summed E-state index contributed by atoms with van der Waals surface area (Å²) >= 11 is 0. The first-order valence-electron chi connectivity index (χ1n) is 10.8. The van der Waals surface area contributed by atoms with E-state index in [0.717, 1.165) is 38.5 Å². The number of hydrogen-bond acceptors (Lipinski definition) is 1. The van der Waals surface area contributed by atoms with Crippen LogP contribution in [0.2, 0.25) is 0 Å². The minimum atomic E-state index is 0.457. The summed E-state index contributed by atoms with van der Waals surface area (Å²) in [6, 6.07) is 21.7. The van der Waals surface area contributed by atoms with E-state index < -0.39 is 0 Å². The van der Waals surface area contributed by atoms with E-state index >= 15 is 0 Å². The molecule has 0 spiro atoms. The Kier molecular flexibility index (Phi) is 5.62. The molecule has 0 radical (unpaired) electrons. The third-order valence-corrected chi connectivity index (χ3v) is 6.62. The monoisotopic (exact) mass is 370 g/mol. The zero-order valence-electron chi connectivity index (χ0n) is 17.1. The second-order valence-electron chi connectivity index (χ2n) is 8.25. The van der Waals surface area contributed by atoms with Crippen LogP contribution in [0.3, 0.4) is 0 Å². The third kappa shape index (κ3) is 3.63. The van der Waals surface area contributed by atoms with Crippen LogP contribution in [0.4, 0.5) is 0 Å². The number of hydrogen-bond donors (Lipinski definition) is 0. The highest BCUT2D eigenvalue weighted by molar-refractivity contribution is 5.99. The summed E-state index contributed by atoms with van der Waals surface area (Å²) in [5.74, 6) is 1.44. The average Bonchev–Trinajstić information content (AvgIpc) is 3.07. The molecule has 1 nitrogen and oxygen atoms in total. The van der Waals surface area contributed by atoms with E-state index in [2.05, 4.69) is 74.5 Å². The number of allylic oxidation sites excluding steroid dienone is 4. The van der Waals surface area contributed by atoms with Gasteiger partial charge in [-0.05, 0) is 65.4 Å². The molecule has 2 aromatic rings. The SMILES string of the molecule is CC/C1=C(CC)/C(c2ccccc2)=C(/c2ccccc2)C[C@@H]2CC(=O)C[C@H]2C1. The van der Waals surface area contributed by atoms with Crippen molar-refractivity contribution in [3.63, 3.8) is 0 Å². The second-order valence-corrected chi connectivity index (χ2v) is 8.25. The zero-order valence-corrected chi connectivity index (χ0v) is 17.1. The molecule has 1 fully saturated rings. The average molecular weight is 371 g/mol. The van der Waals surface area contributed by atoms with Gasteiger partial charge in [0.15, 0.2) is 0 Å².